The molecule has 0 aromatic heterocycles. The van der Waals surface area contributed by atoms with E-state index in [1.807, 2.05) is 0 Å². The molecule has 3 heteroatoms. The molecule has 0 bridgehead atoms. The standard InChI is InChI=1S/C15H23BrN2/c1-10-5-6-13(16)15(9-10)18-8-7-14(17-4)11(2)12(18)3/h5-6,9,11-12,14,17H,7-8H2,1-4H3. The maximum Gasteiger partial charge on any atom is 0.0515 e. The second-order valence-corrected chi connectivity index (χ2v) is 6.29. The highest BCUT2D eigenvalue weighted by Crippen LogP contribution is 2.34. The van der Waals surface area contributed by atoms with Gasteiger partial charge in [-0.1, -0.05) is 13.0 Å². The van der Waals surface area contributed by atoms with Crippen molar-refractivity contribution < 1.29 is 0 Å². The maximum atomic E-state index is 3.69. The Bertz CT molecular complexity index is 419. The Morgan fingerprint density at radius 1 is 1.33 bits per heavy atom. The van der Waals surface area contributed by atoms with Gasteiger partial charge in [-0.2, -0.15) is 0 Å². The van der Waals surface area contributed by atoms with Crippen LogP contribution >= 0.6 is 15.9 Å². The van der Waals surface area contributed by atoms with Crippen LogP contribution in [0, 0.1) is 12.8 Å². The van der Waals surface area contributed by atoms with E-state index in [-0.39, 0.29) is 0 Å². The lowest BCUT2D eigenvalue weighted by Gasteiger charge is -2.44. The third kappa shape index (κ3) is 2.57. The fourth-order valence-corrected chi connectivity index (χ4v) is 3.43. The normalized spacial score (nSPS) is 28.5. The molecule has 1 aliphatic heterocycles. The average Bonchev–Trinajstić information content (AvgIpc) is 2.36. The summed E-state index contributed by atoms with van der Waals surface area (Å²) in [4.78, 5) is 2.54. The first-order valence-electron chi connectivity index (χ1n) is 6.74. The van der Waals surface area contributed by atoms with Gasteiger partial charge in [0.1, 0.15) is 0 Å². The zero-order valence-corrected chi connectivity index (χ0v) is 13.3. The molecule has 1 aliphatic rings. The number of nitrogens with one attached hydrogen (secondary N) is 1. The first-order chi connectivity index (χ1) is 8.54. The predicted octanol–water partition coefficient (Wildman–Crippen LogP) is 3.58. The van der Waals surface area contributed by atoms with Gasteiger partial charge in [-0.05, 0) is 66.9 Å². The highest BCUT2D eigenvalue weighted by Gasteiger charge is 2.32. The Kier molecular flexibility index (Phi) is 4.33. The van der Waals surface area contributed by atoms with Crippen LogP contribution in [-0.2, 0) is 0 Å². The predicted molar refractivity (Wildman–Crippen MR) is 82.3 cm³/mol. The fraction of sp³-hybridized carbons (Fsp3) is 0.600. The van der Waals surface area contributed by atoms with E-state index in [0.29, 0.717) is 18.0 Å². The summed E-state index contributed by atoms with van der Waals surface area (Å²) in [5, 5.41) is 3.44. The highest BCUT2D eigenvalue weighted by molar-refractivity contribution is 9.10. The van der Waals surface area contributed by atoms with Gasteiger partial charge in [0, 0.05) is 23.1 Å². The van der Waals surface area contributed by atoms with Crippen LogP contribution in [0.15, 0.2) is 22.7 Å². The number of hydrogen-bond donors (Lipinski definition) is 1. The molecule has 0 aliphatic carbocycles. The zero-order chi connectivity index (χ0) is 13.3. The molecule has 0 spiro atoms. The summed E-state index contributed by atoms with van der Waals surface area (Å²) in [6.07, 6.45) is 1.21. The van der Waals surface area contributed by atoms with Gasteiger partial charge in [0.15, 0.2) is 0 Å². The van der Waals surface area contributed by atoms with E-state index in [1.165, 1.54) is 22.1 Å². The van der Waals surface area contributed by atoms with Gasteiger partial charge >= 0.3 is 0 Å². The number of piperidine rings is 1. The SMILES string of the molecule is CNC1CCN(c2cc(C)ccc2Br)C(C)C1C. The summed E-state index contributed by atoms with van der Waals surface area (Å²) in [6.45, 7) is 7.97. The number of hydrogen-bond acceptors (Lipinski definition) is 2. The highest BCUT2D eigenvalue weighted by atomic mass is 79.9. The van der Waals surface area contributed by atoms with Crippen LogP contribution in [0.3, 0.4) is 0 Å². The van der Waals surface area contributed by atoms with Crippen LogP contribution < -0.4 is 10.2 Å². The van der Waals surface area contributed by atoms with Crippen LogP contribution in [0.1, 0.15) is 25.8 Å². The van der Waals surface area contributed by atoms with Gasteiger partial charge in [0.25, 0.3) is 0 Å². The summed E-state index contributed by atoms with van der Waals surface area (Å²) >= 11 is 3.69. The second-order valence-electron chi connectivity index (χ2n) is 5.43. The van der Waals surface area contributed by atoms with Crippen molar-refractivity contribution in [1.29, 1.82) is 0 Å². The number of halogens is 1. The number of nitrogens with zero attached hydrogens (tertiary/aromatic N) is 1. The van der Waals surface area contributed by atoms with E-state index in [9.17, 15) is 0 Å². The maximum absolute atomic E-state index is 3.69. The Balaban J connectivity index is 2.26. The Morgan fingerprint density at radius 3 is 2.72 bits per heavy atom. The minimum atomic E-state index is 0.564. The van der Waals surface area contributed by atoms with Gasteiger partial charge < -0.3 is 10.2 Å². The monoisotopic (exact) mass is 310 g/mol. The van der Waals surface area contributed by atoms with Gasteiger partial charge in [-0.15, -0.1) is 0 Å². The van der Waals surface area contributed by atoms with Gasteiger partial charge in [0.05, 0.1) is 5.69 Å². The van der Waals surface area contributed by atoms with E-state index in [1.54, 1.807) is 0 Å². The minimum absolute atomic E-state index is 0.564. The van der Waals surface area contributed by atoms with Crippen LogP contribution in [0.2, 0.25) is 0 Å². The van der Waals surface area contributed by atoms with E-state index in [2.05, 4.69) is 72.2 Å². The third-order valence-corrected chi connectivity index (χ3v) is 5.02. The van der Waals surface area contributed by atoms with Crippen LogP contribution in [-0.4, -0.2) is 25.7 Å². The molecule has 0 radical (unpaired) electrons. The van der Waals surface area contributed by atoms with E-state index < -0.39 is 0 Å². The molecule has 2 rings (SSSR count). The first-order valence-corrected chi connectivity index (χ1v) is 7.54. The van der Waals surface area contributed by atoms with Crippen molar-refractivity contribution in [3.8, 4) is 0 Å². The third-order valence-electron chi connectivity index (χ3n) is 4.35. The lowest BCUT2D eigenvalue weighted by Crippen LogP contribution is -2.52. The van der Waals surface area contributed by atoms with Crippen LogP contribution in [0.25, 0.3) is 0 Å². The average molecular weight is 311 g/mol. The Labute approximate surface area is 119 Å². The molecule has 1 fully saturated rings. The van der Waals surface area contributed by atoms with Crippen molar-refractivity contribution in [2.45, 2.75) is 39.3 Å². The topological polar surface area (TPSA) is 15.3 Å². The van der Waals surface area contributed by atoms with Crippen molar-refractivity contribution in [3.63, 3.8) is 0 Å². The molecule has 2 nitrogen and oxygen atoms in total. The molecular weight excluding hydrogens is 288 g/mol. The van der Waals surface area contributed by atoms with Crippen molar-refractivity contribution in [3.05, 3.63) is 28.2 Å². The number of aryl methyl sites for hydroxylation is 1. The number of benzene rings is 1. The van der Waals surface area contributed by atoms with E-state index in [0.717, 1.165) is 6.54 Å². The first kappa shape index (κ1) is 13.9. The minimum Gasteiger partial charge on any atom is -0.368 e. The molecule has 0 amide bonds. The summed E-state index contributed by atoms with van der Waals surface area (Å²) in [5.74, 6) is 0.663. The molecule has 100 valence electrons. The molecular formula is C15H23BrN2. The summed E-state index contributed by atoms with van der Waals surface area (Å²) < 4.78 is 1.20. The molecule has 1 aromatic carbocycles. The van der Waals surface area contributed by atoms with Crippen molar-refractivity contribution in [1.82, 2.24) is 5.32 Å². The van der Waals surface area contributed by atoms with E-state index >= 15 is 0 Å². The molecule has 1 aromatic rings. The Hall–Kier alpha value is -0.540. The van der Waals surface area contributed by atoms with Gasteiger partial charge in [-0.3, -0.25) is 0 Å². The molecule has 3 atom stereocenters. The van der Waals surface area contributed by atoms with Crippen molar-refractivity contribution >= 4 is 21.6 Å². The molecule has 1 saturated heterocycles. The van der Waals surface area contributed by atoms with Crippen molar-refractivity contribution in [2.24, 2.45) is 5.92 Å². The summed E-state index contributed by atoms with van der Waals surface area (Å²) in [7, 11) is 2.08. The summed E-state index contributed by atoms with van der Waals surface area (Å²) in [5.41, 5.74) is 2.66. The summed E-state index contributed by atoms with van der Waals surface area (Å²) in [6, 6.07) is 7.80. The zero-order valence-electron chi connectivity index (χ0n) is 11.7. The lowest BCUT2D eigenvalue weighted by molar-refractivity contribution is 0.282. The molecule has 0 saturated carbocycles. The van der Waals surface area contributed by atoms with Crippen molar-refractivity contribution in [2.75, 3.05) is 18.5 Å². The van der Waals surface area contributed by atoms with Crippen LogP contribution in [0.4, 0.5) is 5.69 Å². The number of rotatable bonds is 2. The largest absolute Gasteiger partial charge is 0.368 e. The number of anilines is 1. The second kappa shape index (κ2) is 5.62. The van der Waals surface area contributed by atoms with Gasteiger partial charge in [-0.25, -0.2) is 0 Å². The Morgan fingerprint density at radius 2 is 2.06 bits per heavy atom. The molecule has 3 unspecified atom stereocenters. The lowest BCUT2D eigenvalue weighted by atomic mass is 9.86. The molecule has 1 heterocycles. The quantitative estimate of drug-likeness (QED) is 0.898. The van der Waals surface area contributed by atoms with Crippen LogP contribution in [0.5, 0.6) is 0 Å². The fourth-order valence-electron chi connectivity index (χ4n) is 2.95. The smallest absolute Gasteiger partial charge is 0.0515 e. The molecule has 1 N–H and O–H groups in total. The van der Waals surface area contributed by atoms with E-state index in [4.69, 9.17) is 0 Å². The molecule has 18 heavy (non-hydrogen) atoms. The van der Waals surface area contributed by atoms with Gasteiger partial charge in [0.2, 0.25) is 0 Å².